The van der Waals surface area contributed by atoms with E-state index in [-0.39, 0.29) is 36.2 Å². The van der Waals surface area contributed by atoms with E-state index >= 15 is 0 Å². The van der Waals surface area contributed by atoms with E-state index in [0.29, 0.717) is 29.5 Å². The molecule has 2 amide bonds. The zero-order valence-corrected chi connectivity index (χ0v) is 18.4. The largest absolute Gasteiger partial charge is 0.479 e. The lowest BCUT2D eigenvalue weighted by molar-refractivity contribution is -0.131. The Bertz CT molecular complexity index is 1110. The molecule has 2 heterocycles. The smallest absolute Gasteiger partial charge is 0.265 e. The Balaban J connectivity index is 1.41. The molecule has 0 radical (unpaired) electrons. The van der Waals surface area contributed by atoms with Crippen LogP contribution in [-0.4, -0.2) is 61.7 Å². The summed E-state index contributed by atoms with van der Waals surface area (Å²) in [6, 6.07) is 11.5. The lowest BCUT2D eigenvalue weighted by Gasteiger charge is -2.34. The number of benzene rings is 2. The third kappa shape index (κ3) is 4.53. The van der Waals surface area contributed by atoms with E-state index in [9.17, 15) is 18.0 Å². The monoisotopic (exact) mass is 463 g/mol. The molecule has 2 aromatic rings. The van der Waals surface area contributed by atoms with Gasteiger partial charge in [-0.3, -0.25) is 9.59 Å². The lowest BCUT2D eigenvalue weighted by atomic mass is 10.1. The highest BCUT2D eigenvalue weighted by molar-refractivity contribution is 7.89. The van der Waals surface area contributed by atoms with Crippen LogP contribution in [0.15, 0.2) is 47.4 Å². The van der Waals surface area contributed by atoms with Crippen molar-refractivity contribution in [3.8, 4) is 5.75 Å². The van der Waals surface area contributed by atoms with Gasteiger partial charge in [-0.05, 0) is 42.8 Å². The number of ether oxygens (including phenoxy) is 1. The number of anilines is 1. The number of amides is 2. The molecular weight excluding hydrogens is 442 g/mol. The highest BCUT2D eigenvalue weighted by Crippen LogP contribution is 2.33. The maximum atomic E-state index is 13.1. The van der Waals surface area contributed by atoms with Gasteiger partial charge in [0, 0.05) is 31.2 Å². The fourth-order valence-electron chi connectivity index (χ4n) is 3.56. The van der Waals surface area contributed by atoms with Gasteiger partial charge in [-0.1, -0.05) is 23.7 Å². The Morgan fingerprint density at radius 1 is 1.13 bits per heavy atom. The van der Waals surface area contributed by atoms with Crippen LogP contribution in [0.4, 0.5) is 5.69 Å². The van der Waals surface area contributed by atoms with Gasteiger partial charge in [-0.15, -0.1) is 0 Å². The Labute approximate surface area is 185 Å². The summed E-state index contributed by atoms with van der Waals surface area (Å²) in [6.07, 6.45) is -0.388. The quantitative estimate of drug-likeness (QED) is 0.749. The van der Waals surface area contributed by atoms with Crippen LogP contribution in [-0.2, 0) is 26.0 Å². The highest BCUT2D eigenvalue weighted by atomic mass is 35.5. The summed E-state index contributed by atoms with van der Waals surface area (Å²) in [6.45, 7) is 2.65. The van der Waals surface area contributed by atoms with Crippen molar-refractivity contribution in [2.45, 2.75) is 24.3 Å². The van der Waals surface area contributed by atoms with E-state index in [1.807, 2.05) is 0 Å². The van der Waals surface area contributed by atoms with Crippen LogP contribution in [0.25, 0.3) is 0 Å². The molecule has 4 rings (SSSR count). The molecule has 0 aromatic heterocycles. The van der Waals surface area contributed by atoms with Crippen molar-refractivity contribution in [2.24, 2.45) is 0 Å². The predicted molar refractivity (Wildman–Crippen MR) is 116 cm³/mol. The first kappa shape index (κ1) is 21.6. The summed E-state index contributed by atoms with van der Waals surface area (Å²) in [5, 5.41) is 3.27. The zero-order valence-electron chi connectivity index (χ0n) is 16.9. The van der Waals surface area contributed by atoms with Crippen molar-refractivity contribution in [2.75, 3.05) is 31.5 Å². The van der Waals surface area contributed by atoms with Crippen molar-refractivity contribution >= 4 is 39.1 Å². The van der Waals surface area contributed by atoms with Crippen molar-refractivity contribution in [3.05, 3.63) is 53.1 Å². The Hall–Kier alpha value is -2.62. The number of hydrogen-bond acceptors (Lipinski definition) is 5. The van der Waals surface area contributed by atoms with E-state index in [1.54, 1.807) is 42.2 Å². The molecule has 8 nitrogen and oxygen atoms in total. The van der Waals surface area contributed by atoms with Gasteiger partial charge < -0.3 is 15.0 Å². The van der Waals surface area contributed by atoms with Crippen LogP contribution in [0.2, 0.25) is 5.02 Å². The molecule has 1 unspecified atom stereocenters. The molecule has 0 aliphatic carbocycles. The molecule has 2 aliphatic heterocycles. The van der Waals surface area contributed by atoms with E-state index in [2.05, 4.69) is 5.32 Å². The first-order valence-electron chi connectivity index (χ1n) is 9.88. The molecule has 0 bridgehead atoms. The summed E-state index contributed by atoms with van der Waals surface area (Å²) in [5.74, 6) is 0.0562. The second-order valence-corrected chi connectivity index (χ2v) is 9.87. The minimum atomic E-state index is -3.77. The first-order valence-corrected chi connectivity index (χ1v) is 11.7. The van der Waals surface area contributed by atoms with Gasteiger partial charge in [-0.2, -0.15) is 4.31 Å². The maximum absolute atomic E-state index is 13.1. The molecule has 2 aromatic carbocycles. The minimum Gasteiger partial charge on any atom is -0.479 e. The standard InChI is InChI=1S/C21H22ClN3O5S/c1-14-21(27)23-18-13-17(6-7-19(18)30-14)31(28,29)25-10-8-24(9-11-25)20(26)12-15-2-4-16(22)5-3-15/h2-7,13-14H,8-12H2,1H3,(H,23,27). The normalized spacial score (nSPS) is 19.4. The molecule has 2 aliphatic rings. The molecule has 164 valence electrons. The van der Waals surface area contributed by atoms with Crippen LogP contribution >= 0.6 is 11.6 Å². The maximum Gasteiger partial charge on any atom is 0.265 e. The molecule has 1 N–H and O–H groups in total. The second-order valence-electron chi connectivity index (χ2n) is 7.50. The number of fused-ring (bicyclic) bond motifs is 1. The molecule has 1 saturated heterocycles. The molecule has 31 heavy (non-hydrogen) atoms. The van der Waals surface area contributed by atoms with Crippen molar-refractivity contribution in [1.82, 2.24) is 9.21 Å². The molecule has 1 fully saturated rings. The van der Waals surface area contributed by atoms with Gasteiger partial charge in [-0.25, -0.2) is 8.42 Å². The Morgan fingerprint density at radius 2 is 1.81 bits per heavy atom. The summed E-state index contributed by atoms with van der Waals surface area (Å²) in [5.41, 5.74) is 1.19. The lowest BCUT2D eigenvalue weighted by Crippen LogP contribution is -2.50. The van der Waals surface area contributed by atoms with Gasteiger partial charge in [0.2, 0.25) is 15.9 Å². The summed E-state index contributed by atoms with van der Waals surface area (Å²) < 4.78 is 33.0. The molecule has 0 spiro atoms. The highest BCUT2D eigenvalue weighted by Gasteiger charge is 2.32. The van der Waals surface area contributed by atoms with Gasteiger partial charge in [0.25, 0.3) is 5.91 Å². The molecular formula is C21H22ClN3O5S. The van der Waals surface area contributed by atoms with Crippen LogP contribution in [0.5, 0.6) is 5.75 Å². The number of sulfonamides is 1. The van der Waals surface area contributed by atoms with Gasteiger partial charge in [0.1, 0.15) is 5.75 Å². The topological polar surface area (TPSA) is 96.0 Å². The van der Waals surface area contributed by atoms with E-state index < -0.39 is 16.1 Å². The number of nitrogens with zero attached hydrogens (tertiary/aromatic N) is 2. The molecule has 10 heteroatoms. The zero-order chi connectivity index (χ0) is 22.2. The number of piperazine rings is 1. The third-order valence-corrected chi connectivity index (χ3v) is 7.53. The molecule has 0 saturated carbocycles. The first-order chi connectivity index (χ1) is 14.7. The number of nitrogens with one attached hydrogen (secondary N) is 1. The average Bonchev–Trinajstić information content (AvgIpc) is 2.76. The minimum absolute atomic E-state index is 0.0536. The number of hydrogen-bond donors (Lipinski definition) is 1. The van der Waals surface area contributed by atoms with Crippen LogP contribution in [0.1, 0.15) is 12.5 Å². The predicted octanol–water partition coefficient (Wildman–Crippen LogP) is 2.13. The Kier molecular flexibility index (Phi) is 5.92. The van der Waals surface area contributed by atoms with Gasteiger partial charge in [0.05, 0.1) is 17.0 Å². The van der Waals surface area contributed by atoms with Crippen molar-refractivity contribution in [1.29, 1.82) is 0 Å². The summed E-state index contributed by atoms with van der Waals surface area (Å²) in [4.78, 5) is 26.1. The molecule has 1 atom stereocenters. The average molecular weight is 464 g/mol. The van der Waals surface area contributed by atoms with E-state index in [4.69, 9.17) is 16.3 Å². The summed E-state index contributed by atoms with van der Waals surface area (Å²) >= 11 is 5.87. The fourth-order valence-corrected chi connectivity index (χ4v) is 5.14. The SMILES string of the molecule is CC1Oc2ccc(S(=O)(=O)N3CCN(C(=O)Cc4ccc(Cl)cc4)CC3)cc2NC1=O. The fraction of sp³-hybridized carbons (Fsp3) is 0.333. The van der Waals surface area contributed by atoms with Crippen LogP contribution < -0.4 is 10.1 Å². The van der Waals surface area contributed by atoms with Crippen LogP contribution in [0, 0.1) is 0 Å². The van der Waals surface area contributed by atoms with Crippen LogP contribution in [0.3, 0.4) is 0 Å². The van der Waals surface area contributed by atoms with E-state index in [0.717, 1.165) is 5.56 Å². The van der Waals surface area contributed by atoms with E-state index in [1.165, 1.54) is 16.4 Å². The van der Waals surface area contributed by atoms with Gasteiger partial charge in [0.15, 0.2) is 6.10 Å². The Morgan fingerprint density at radius 3 is 2.48 bits per heavy atom. The summed E-state index contributed by atoms with van der Waals surface area (Å²) in [7, 11) is -3.77. The number of rotatable bonds is 4. The number of carbonyl (C=O) groups is 2. The number of carbonyl (C=O) groups excluding carboxylic acids is 2. The number of halogens is 1. The van der Waals surface area contributed by atoms with Crippen molar-refractivity contribution in [3.63, 3.8) is 0 Å². The van der Waals surface area contributed by atoms with Crippen molar-refractivity contribution < 1.29 is 22.7 Å². The second kappa shape index (κ2) is 8.49. The third-order valence-electron chi connectivity index (χ3n) is 5.38. The van der Waals surface area contributed by atoms with Gasteiger partial charge >= 0.3 is 0 Å².